The first-order chi connectivity index (χ1) is 13.9. The van der Waals surface area contributed by atoms with Crippen molar-refractivity contribution in [3.8, 4) is 5.75 Å². The molecule has 0 saturated carbocycles. The molecular weight excluding hydrogens is 412 g/mol. The van der Waals surface area contributed by atoms with Crippen molar-refractivity contribution in [3.05, 3.63) is 59.1 Å². The van der Waals surface area contributed by atoms with Gasteiger partial charge in [-0.05, 0) is 49.6 Å². The molecule has 29 heavy (non-hydrogen) atoms. The van der Waals surface area contributed by atoms with Crippen LogP contribution in [-0.2, 0) is 20.6 Å². The average molecular weight is 437 g/mol. The number of amides is 1. The van der Waals surface area contributed by atoms with Crippen LogP contribution in [0.15, 0.2) is 48.5 Å². The van der Waals surface area contributed by atoms with Crippen LogP contribution in [0.5, 0.6) is 5.75 Å². The quantitative estimate of drug-likeness (QED) is 0.713. The lowest BCUT2D eigenvalue weighted by atomic mass is 9.98. The van der Waals surface area contributed by atoms with E-state index >= 15 is 0 Å². The van der Waals surface area contributed by atoms with Gasteiger partial charge in [0, 0.05) is 18.1 Å². The summed E-state index contributed by atoms with van der Waals surface area (Å²) < 4.78 is 32.7. The van der Waals surface area contributed by atoms with E-state index in [9.17, 15) is 13.2 Å². The van der Waals surface area contributed by atoms with E-state index < -0.39 is 15.9 Å². The molecule has 1 amide bonds. The lowest BCUT2D eigenvalue weighted by Crippen LogP contribution is -2.44. The van der Waals surface area contributed by atoms with Crippen LogP contribution in [0, 0.1) is 5.92 Å². The van der Waals surface area contributed by atoms with Gasteiger partial charge in [0.15, 0.2) is 0 Å². The number of carbonyl (C=O) groups is 1. The third-order valence-electron chi connectivity index (χ3n) is 4.86. The molecule has 3 rings (SSSR count). The van der Waals surface area contributed by atoms with Crippen molar-refractivity contribution in [2.45, 2.75) is 25.5 Å². The Kier molecular flexibility index (Phi) is 7.16. The number of anilines is 1. The van der Waals surface area contributed by atoms with Crippen molar-refractivity contribution >= 4 is 33.2 Å². The van der Waals surface area contributed by atoms with Crippen molar-refractivity contribution in [3.63, 3.8) is 0 Å². The van der Waals surface area contributed by atoms with Crippen LogP contribution in [0.3, 0.4) is 0 Å². The second-order valence-electron chi connectivity index (χ2n) is 7.00. The van der Waals surface area contributed by atoms with Gasteiger partial charge in [0.1, 0.15) is 5.75 Å². The van der Waals surface area contributed by atoms with Crippen LogP contribution in [0.1, 0.15) is 25.3 Å². The number of piperidine rings is 1. The summed E-state index contributed by atoms with van der Waals surface area (Å²) in [5.41, 5.74) is 1.27. The zero-order valence-corrected chi connectivity index (χ0v) is 17.9. The Bertz CT molecular complexity index is 947. The minimum absolute atomic E-state index is 0.105. The third-order valence-corrected chi connectivity index (χ3v) is 6.92. The molecule has 2 aromatic rings. The molecule has 6 nitrogen and oxygen atoms in total. The molecule has 1 saturated heterocycles. The van der Waals surface area contributed by atoms with Crippen molar-refractivity contribution in [2.75, 3.05) is 25.0 Å². The number of carbonyl (C=O) groups excluding carboxylic acids is 1. The summed E-state index contributed by atoms with van der Waals surface area (Å²) in [5, 5.41) is 3.46. The number of ether oxygens (including phenoxy) is 1. The van der Waals surface area contributed by atoms with Crippen molar-refractivity contribution in [1.82, 2.24) is 4.31 Å². The summed E-state index contributed by atoms with van der Waals surface area (Å²) in [6.45, 7) is 2.98. The lowest BCUT2D eigenvalue weighted by Gasteiger charge is -2.31. The summed E-state index contributed by atoms with van der Waals surface area (Å²) in [5.74, 6) is -0.0977. The largest absolute Gasteiger partial charge is 0.492 e. The molecule has 0 unspecified atom stereocenters. The molecule has 0 bridgehead atoms. The third kappa shape index (κ3) is 5.72. The normalized spacial score (nSPS) is 17.7. The second-order valence-corrected chi connectivity index (χ2v) is 9.40. The maximum absolute atomic E-state index is 12.8. The van der Waals surface area contributed by atoms with Gasteiger partial charge in [-0.3, -0.25) is 4.79 Å². The predicted molar refractivity (Wildman–Crippen MR) is 115 cm³/mol. The van der Waals surface area contributed by atoms with Crippen LogP contribution >= 0.6 is 11.6 Å². The molecule has 8 heteroatoms. The van der Waals surface area contributed by atoms with E-state index in [0.29, 0.717) is 48.0 Å². The van der Waals surface area contributed by atoms with Crippen LogP contribution < -0.4 is 10.1 Å². The van der Waals surface area contributed by atoms with Gasteiger partial charge in [-0.15, -0.1) is 0 Å². The molecule has 2 aromatic carbocycles. The van der Waals surface area contributed by atoms with Gasteiger partial charge in [0.25, 0.3) is 0 Å². The zero-order valence-electron chi connectivity index (χ0n) is 16.3. The van der Waals surface area contributed by atoms with E-state index in [2.05, 4.69) is 5.32 Å². The molecule has 1 aliphatic rings. The number of halogens is 1. The van der Waals surface area contributed by atoms with Crippen molar-refractivity contribution in [2.24, 2.45) is 5.92 Å². The Balaban J connectivity index is 1.66. The van der Waals surface area contributed by atoms with E-state index in [1.807, 2.05) is 19.1 Å². The number of hydrogen-bond donors (Lipinski definition) is 1. The van der Waals surface area contributed by atoms with E-state index in [4.69, 9.17) is 16.3 Å². The maximum atomic E-state index is 12.8. The first-order valence-corrected chi connectivity index (χ1v) is 11.6. The highest BCUT2D eigenvalue weighted by Gasteiger charge is 2.32. The van der Waals surface area contributed by atoms with Gasteiger partial charge >= 0.3 is 0 Å². The summed E-state index contributed by atoms with van der Waals surface area (Å²) in [4.78, 5) is 12.8. The van der Waals surface area contributed by atoms with Gasteiger partial charge in [-0.2, -0.15) is 0 Å². The van der Waals surface area contributed by atoms with Crippen LogP contribution in [0.4, 0.5) is 5.69 Å². The van der Waals surface area contributed by atoms with Crippen LogP contribution in [-0.4, -0.2) is 38.3 Å². The molecule has 0 spiro atoms. The fourth-order valence-electron chi connectivity index (χ4n) is 3.38. The Morgan fingerprint density at radius 2 is 1.93 bits per heavy atom. The molecule has 1 N–H and O–H groups in total. The SMILES string of the molecule is CCOc1ccccc1NC(=O)[C@@H]1CCCN(S(=O)(=O)Cc2ccc(Cl)cc2)C1. The molecule has 0 aliphatic carbocycles. The minimum Gasteiger partial charge on any atom is -0.492 e. The van der Waals surface area contributed by atoms with Crippen LogP contribution in [0.25, 0.3) is 0 Å². The van der Waals surface area contributed by atoms with E-state index in [-0.39, 0.29) is 18.2 Å². The summed E-state index contributed by atoms with van der Waals surface area (Å²) in [7, 11) is -3.52. The average Bonchev–Trinajstić information content (AvgIpc) is 2.71. The summed E-state index contributed by atoms with van der Waals surface area (Å²) in [6, 6.07) is 14.0. The predicted octanol–water partition coefficient (Wildman–Crippen LogP) is 3.92. The molecule has 1 atom stereocenters. The standard InChI is InChI=1S/C21H25ClN2O4S/c1-2-28-20-8-4-3-7-19(20)23-21(25)17-6-5-13-24(14-17)29(26,27)15-16-9-11-18(22)12-10-16/h3-4,7-12,17H,2,5-6,13-15H2,1H3,(H,23,25)/t17-/m1/s1. The first-order valence-electron chi connectivity index (χ1n) is 9.64. The number of nitrogens with zero attached hydrogens (tertiary/aromatic N) is 1. The van der Waals surface area contributed by atoms with Gasteiger partial charge < -0.3 is 10.1 Å². The van der Waals surface area contributed by atoms with Gasteiger partial charge in [-0.25, -0.2) is 12.7 Å². The molecule has 1 fully saturated rings. The van der Waals surface area contributed by atoms with E-state index in [0.717, 1.165) is 0 Å². The number of rotatable bonds is 7. The lowest BCUT2D eigenvalue weighted by molar-refractivity contribution is -0.120. The highest BCUT2D eigenvalue weighted by molar-refractivity contribution is 7.88. The Morgan fingerprint density at radius 3 is 2.66 bits per heavy atom. The fraction of sp³-hybridized carbons (Fsp3) is 0.381. The number of para-hydroxylation sites is 2. The Labute approximate surface area is 176 Å². The number of hydrogen-bond acceptors (Lipinski definition) is 4. The van der Waals surface area contributed by atoms with Gasteiger partial charge in [0.05, 0.1) is 24.0 Å². The Hall–Kier alpha value is -2.09. The Morgan fingerprint density at radius 1 is 1.21 bits per heavy atom. The summed E-state index contributed by atoms with van der Waals surface area (Å²) >= 11 is 5.87. The smallest absolute Gasteiger partial charge is 0.228 e. The fourth-order valence-corrected chi connectivity index (χ4v) is 5.11. The van der Waals surface area contributed by atoms with E-state index in [1.165, 1.54) is 4.31 Å². The molecular formula is C21H25ClN2O4S. The number of nitrogens with one attached hydrogen (secondary N) is 1. The van der Waals surface area contributed by atoms with Gasteiger partial charge in [-0.1, -0.05) is 35.9 Å². The first kappa shape index (κ1) is 21.6. The number of benzene rings is 2. The second kappa shape index (κ2) is 9.61. The topological polar surface area (TPSA) is 75.7 Å². The monoisotopic (exact) mass is 436 g/mol. The van der Waals surface area contributed by atoms with Crippen molar-refractivity contribution in [1.29, 1.82) is 0 Å². The number of sulfonamides is 1. The highest BCUT2D eigenvalue weighted by Crippen LogP contribution is 2.27. The van der Waals surface area contributed by atoms with Crippen molar-refractivity contribution < 1.29 is 17.9 Å². The molecule has 0 radical (unpaired) electrons. The van der Waals surface area contributed by atoms with Gasteiger partial charge in [0.2, 0.25) is 15.9 Å². The molecule has 0 aromatic heterocycles. The highest BCUT2D eigenvalue weighted by atomic mass is 35.5. The summed E-state index contributed by atoms with van der Waals surface area (Å²) in [6.07, 6.45) is 1.29. The molecule has 1 aliphatic heterocycles. The zero-order chi connectivity index (χ0) is 20.9. The van der Waals surface area contributed by atoms with Crippen LogP contribution in [0.2, 0.25) is 5.02 Å². The van der Waals surface area contributed by atoms with E-state index in [1.54, 1.807) is 36.4 Å². The molecule has 156 valence electrons. The molecule has 1 heterocycles. The minimum atomic E-state index is -3.52. The maximum Gasteiger partial charge on any atom is 0.228 e.